The normalized spacial score (nSPS) is 10.9. The summed E-state index contributed by atoms with van der Waals surface area (Å²) in [6.07, 6.45) is 2.85. The Morgan fingerprint density at radius 2 is 2.38 bits per heavy atom. The first-order chi connectivity index (χ1) is 7.79. The van der Waals surface area contributed by atoms with E-state index in [4.69, 9.17) is 16.0 Å². The molecule has 0 amide bonds. The van der Waals surface area contributed by atoms with Crippen LogP contribution in [0.3, 0.4) is 0 Å². The van der Waals surface area contributed by atoms with Gasteiger partial charge in [0, 0.05) is 0 Å². The number of nitrogens with one attached hydrogen (secondary N) is 1. The fourth-order valence-corrected chi connectivity index (χ4v) is 2.31. The third kappa shape index (κ3) is 2.84. The second-order valence-corrected chi connectivity index (χ2v) is 5.11. The summed E-state index contributed by atoms with van der Waals surface area (Å²) in [5, 5.41) is 3.24. The Hall–Kier alpha value is -0.840. The zero-order valence-electron chi connectivity index (χ0n) is 9.00. The summed E-state index contributed by atoms with van der Waals surface area (Å²) in [7, 11) is 0. The van der Waals surface area contributed by atoms with Gasteiger partial charge in [0.05, 0.1) is 22.0 Å². The second kappa shape index (κ2) is 5.48. The first-order valence-electron chi connectivity index (χ1n) is 5.20. The molecule has 0 aromatic carbocycles. The zero-order chi connectivity index (χ0) is 11.4. The first-order valence-corrected chi connectivity index (χ1v) is 6.40. The Bertz CT molecular complexity index is 452. The zero-order valence-corrected chi connectivity index (χ0v) is 10.6. The molecule has 86 valence electrons. The van der Waals surface area contributed by atoms with Crippen molar-refractivity contribution >= 4 is 22.9 Å². The number of halogens is 1. The maximum atomic E-state index is 5.86. The molecule has 2 rings (SSSR count). The highest BCUT2D eigenvalue weighted by Crippen LogP contribution is 2.31. The average Bonchev–Trinajstić information content (AvgIpc) is 2.87. The molecule has 0 bridgehead atoms. The Morgan fingerprint density at radius 3 is 3.06 bits per heavy atom. The van der Waals surface area contributed by atoms with Crippen LogP contribution in [0.5, 0.6) is 0 Å². The molecule has 5 heteroatoms. The molecule has 0 aliphatic carbocycles. The largest absolute Gasteiger partial charge is 0.438 e. The molecule has 3 nitrogen and oxygen atoms in total. The fourth-order valence-electron chi connectivity index (χ4n) is 1.32. The van der Waals surface area contributed by atoms with E-state index in [-0.39, 0.29) is 0 Å². The number of thiophene rings is 1. The lowest BCUT2D eigenvalue weighted by Crippen LogP contribution is -2.13. The molecule has 0 aliphatic heterocycles. The molecule has 2 heterocycles. The summed E-state index contributed by atoms with van der Waals surface area (Å²) in [6, 6.07) is 3.80. The molecule has 0 radical (unpaired) electrons. The van der Waals surface area contributed by atoms with Gasteiger partial charge in [0.1, 0.15) is 0 Å². The number of oxazole rings is 1. The van der Waals surface area contributed by atoms with Gasteiger partial charge in [-0.3, -0.25) is 0 Å². The molecule has 0 aliphatic rings. The molecule has 0 fully saturated rings. The molecular formula is C11H13ClN2OS. The number of hydrogen-bond acceptors (Lipinski definition) is 4. The second-order valence-electron chi connectivity index (χ2n) is 3.40. The minimum absolute atomic E-state index is 0.674. The summed E-state index contributed by atoms with van der Waals surface area (Å²) < 4.78 is 6.37. The van der Waals surface area contributed by atoms with Gasteiger partial charge in [0.2, 0.25) is 5.89 Å². The van der Waals surface area contributed by atoms with Gasteiger partial charge >= 0.3 is 0 Å². The molecule has 2 aromatic heterocycles. The summed E-state index contributed by atoms with van der Waals surface area (Å²) in [5.74, 6) is 1.50. The molecule has 16 heavy (non-hydrogen) atoms. The minimum atomic E-state index is 0.674. The van der Waals surface area contributed by atoms with Crippen molar-refractivity contribution in [2.75, 3.05) is 6.54 Å². The molecule has 0 unspecified atom stereocenters. The van der Waals surface area contributed by atoms with Gasteiger partial charge in [-0.2, -0.15) is 0 Å². The van der Waals surface area contributed by atoms with Crippen molar-refractivity contribution in [1.29, 1.82) is 0 Å². The third-order valence-electron chi connectivity index (χ3n) is 2.07. The number of hydrogen-bond donors (Lipinski definition) is 1. The van der Waals surface area contributed by atoms with Crippen molar-refractivity contribution in [2.45, 2.75) is 19.9 Å². The summed E-state index contributed by atoms with van der Waals surface area (Å²) in [4.78, 5) is 5.22. The molecular weight excluding hydrogens is 244 g/mol. The van der Waals surface area contributed by atoms with E-state index in [9.17, 15) is 0 Å². The molecule has 1 N–H and O–H groups in total. The van der Waals surface area contributed by atoms with Gasteiger partial charge in [-0.05, 0) is 25.1 Å². The highest BCUT2D eigenvalue weighted by atomic mass is 35.5. The Morgan fingerprint density at radius 1 is 1.50 bits per heavy atom. The standard InChI is InChI=1S/C11H13ClN2OS/c1-2-5-13-7-11-14-6-8(15-11)9-3-4-10(12)16-9/h3-4,6,13H,2,5,7H2,1H3. The first kappa shape index (κ1) is 11.6. The molecule has 0 atom stereocenters. The van der Waals surface area contributed by atoms with Crippen molar-refractivity contribution < 1.29 is 4.42 Å². The highest BCUT2D eigenvalue weighted by molar-refractivity contribution is 7.19. The lowest BCUT2D eigenvalue weighted by Gasteiger charge is -1.97. The predicted molar refractivity (Wildman–Crippen MR) is 66.8 cm³/mol. The van der Waals surface area contributed by atoms with E-state index in [0.717, 1.165) is 27.9 Å². The van der Waals surface area contributed by atoms with Crippen LogP contribution < -0.4 is 5.32 Å². The van der Waals surface area contributed by atoms with E-state index in [0.29, 0.717) is 12.4 Å². The molecule has 0 saturated heterocycles. The summed E-state index contributed by atoms with van der Waals surface area (Å²) >= 11 is 7.36. The number of aromatic nitrogens is 1. The van der Waals surface area contributed by atoms with Gasteiger partial charge in [0.15, 0.2) is 5.76 Å². The van der Waals surface area contributed by atoms with E-state index in [1.807, 2.05) is 12.1 Å². The van der Waals surface area contributed by atoms with E-state index >= 15 is 0 Å². The Balaban J connectivity index is 2.02. The maximum absolute atomic E-state index is 5.86. The van der Waals surface area contributed by atoms with E-state index in [2.05, 4.69) is 17.2 Å². The number of nitrogens with zero attached hydrogens (tertiary/aromatic N) is 1. The van der Waals surface area contributed by atoms with Crippen LogP contribution in [0.25, 0.3) is 10.6 Å². The van der Waals surface area contributed by atoms with Crippen molar-refractivity contribution in [1.82, 2.24) is 10.3 Å². The van der Waals surface area contributed by atoms with Crippen LogP contribution in [0.4, 0.5) is 0 Å². The van der Waals surface area contributed by atoms with E-state index < -0.39 is 0 Å². The average molecular weight is 257 g/mol. The summed E-state index contributed by atoms with van der Waals surface area (Å²) in [5.41, 5.74) is 0. The maximum Gasteiger partial charge on any atom is 0.208 e. The highest BCUT2D eigenvalue weighted by Gasteiger charge is 2.08. The predicted octanol–water partition coefficient (Wildman–Crippen LogP) is 3.56. The monoisotopic (exact) mass is 256 g/mol. The van der Waals surface area contributed by atoms with Crippen LogP contribution in [0.15, 0.2) is 22.7 Å². The van der Waals surface area contributed by atoms with Crippen LogP contribution in [-0.2, 0) is 6.54 Å². The smallest absolute Gasteiger partial charge is 0.208 e. The Labute approximate surface area is 103 Å². The third-order valence-corrected chi connectivity index (χ3v) is 3.32. The van der Waals surface area contributed by atoms with Crippen molar-refractivity contribution in [3.8, 4) is 10.6 Å². The van der Waals surface area contributed by atoms with Gasteiger partial charge in [0.25, 0.3) is 0 Å². The van der Waals surface area contributed by atoms with Gasteiger partial charge in [-0.15, -0.1) is 11.3 Å². The van der Waals surface area contributed by atoms with Gasteiger partial charge < -0.3 is 9.73 Å². The van der Waals surface area contributed by atoms with Crippen LogP contribution in [0, 0.1) is 0 Å². The quantitative estimate of drug-likeness (QED) is 0.832. The fraction of sp³-hybridized carbons (Fsp3) is 0.364. The van der Waals surface area contributed by atoms with Crippen molar-refractivity contribution in [3.63, 3.8) is 0 Å². The van der Waals surface area contributed by atoms with Gasteiger partial charge in [-0.1, -0.05) is 18.5 Å². The lowest BCUT2D eigenvalue weighted by atomic mass is 10.4. The minimum Gasteiger partial charge on any atom is -0.438 e. The lowest BCUT2D eigenvalue weighted by molar-refractivity contribution is 0.478. The van der Waals surface area contributed by atoms with E-state index in [1.54, 1.807) is 6.20 Å². The van der Waals surface area contributed by atoms with Crippen LogP contribution >= 0.6 is 22.9 Å². The van der Waals surface area contributed by atoms with Gasteiger partial charge in [-0.25, -0.2) is 4.98 Å². The molecule has 0 spiro atoms. The van der Waals surface area contributed by atoms with Crippen molar-refractivity contribution in [2.24, 2.45) is 0 Å². The van der Waals surface area contributed by atoms with Crippen molar-refractivity contribution in [3.05, 3.63) is 28.6 Å². The number of rotatable bonds is 5. The SMILES string of the molecule is CCCNCc1ncc(-c2ccc(Cl)s2)o1. The topological polar surface area (TPSA) is 38.1 Å². The van der Waals surface area contributed by atoms with Crippen LogP contribution in [0.2, 0.25) is 4.34 Å². The van der Waals surface area contributed by atoms with E-state index in [1.165, 1.54) is 11.3 Å². The molecule has 0 saturated carbocycles. The summed E-state index contributed by atoms with van der Waals surface area (Å²) in [6.45, 7) is 3.77. The molecule has 2 aromatic rings. The van der Waals surface area contributed by atoms with Crippen LogP contribution in [0.1, 0.15) is 19.2 Å². The van der Waals surface area contributed by atoms with Crippen LogP contribution in [-0.4, -0.2) is 11.5 Å². The Kier molecular flexibility index (Phi) is 3.98.